The van der Waals surface area contributed by atoms with Gasteiger partial charge in [-0.05, 0) is 31.0 Å². The van der Waals surface area contributed by atoms with Crippen LogP contribution in [0.25, 0.3) is 5.69 Å². The van der Waals surface area contributed by atoms with Gasteiger partial charge in [-0.1, -0.05) is 25.1 Å². The van der Waals surface area contributed by atoms with Crippen LogP contribution in [0.4, 0.5) is 0 Å². The normalized spacial score (nSPS) is 12.7. The van der Waals surface area contributed by atoms with E-state index in [1.54, 1.807) is 16.2 Å². The third kappa shape index (κ3) is 1.99. The number of para-hydroxylation sites is 1. The molecule has 1 atom stereocenters. The summed E-state index contributed by atoms with van der Waals surface area (Å²) < 4.78 is 3.33. The summed E-state index contributed by atoms with van der Waals surface area (Å²) in [6.07, 6.45) is 1.84. The van der Waals surface area contributed by atoms with Crippen LogP contribution in [-0.2, 0) is 7.05 Å². The first-order chi connectivity index (χ1) is 8.56. The van der Waals surface area contributed by atoms with Crippen molar-refractivity contribution in [3.05, 3.63) is 52.2 Å². The van der Waals surface area contributed by atoms with Crippen molar-refractivity contribution in [2.24, 2.45) is 12.8 Å². The highest BCUT2D eigenvalue weighted by molar-refractivity contribution is 5.44. The summed E-state index contributed by atoms with van der Waals surface area (Å²) >= 11 is 0. The molecule has 1 aromatic heterocycles. The van der Waals surface area contributed by atoms with Crippen LogP contribution in [0, 0.1) is 6.92 Å². The average Bonchev–Trinajstić information content (AvgIpc) is 2.62. The van der Waals surface area contributed by atoms with Crippen LogP contribution < -0.4 is 11.4 Å². The fourth-order valence-corrected chi connectivity index (χ4v) is 2.23. The molecule has 2 rings (SSSR count). The monoisotopic (exact) mass is 245 g/mol. The van der Waals surface area contributed by atoms with Gasteiger partial charge in [-0.3, -0.25) is 4.57 Å². The molecule has 1 heterocycles. The highest BCUT2D eigenvalue weighted by atomic mass is 16.1. The zero-order valence-corrected chi connectivity index (χ0v) is 11.1. The van der Waals surface area contributed by atoms with E-state index >= 15 is 0 Å². The molecule has 0 bridgehead atoms. The third-order valence-electron chi connectivity index (χ3n) is 3.29. The summed E-state index contributed by atoms with van der Waals surface area (Å²) in [4.78, 5) is 12.1. The molecule has 2 aromatic rings. The molecule has 4 heteroatoms. The first kappa shape index (κ1) is 12.6. The SMILES string of the molecule is Cc1cn(C)c(=O)n1-c1ccccc1C(C)CN. The van der Waals surface area contributed by atoms with Gasteiger partial charge in [-0.2, -0.15) is 0 Å². The van der Waals surface area contributed by atoms with E-state index in [0.717, 1.165) is 16.9 Å². The molecule has 0 aliphatic heterocycles. The van der Waals surface area contributed by atoms with Gasteiger partial charge in [0.15, 0.2) is 0 Å². The summed E-state index contributed by atoms with van der Waals surface area (Å²) in [6, 6.07) is 7.93. The molecule has 0 fully saturated rings. The summed E-state index contributed by atoms with van der Waals surface area (Å²) in [7, 11) is 1.76. The molecule has 0 saturated carbocycles. The van der Waals surface area contributed by atoms with Gasteiger partial charge in [0, 0.05) is 18.9 Å². The summed E-state index contributed by atoms with van der Waals surface area (Å²) in [5, 5.41) is 0. The first-order valence-corrected chi connectivity index (χ1v) is 6.10. The molecule has 0 spiro atoms. The zero-order chi connectivity index (χ0) is 13.3. The van der Waals surface area contributed by atoms with Crippen molar-refractivity contribution in [2.45, 2.75) is 19.8 Å². The second kappa shape index (κ2) is 4.82. The highest BCUT2D eigenvalue weighted by Crippen LogP contribution is 2.22. The Kier molecular flexibility index (Phi) is 3.39. The lowest BCUT2D eigenvalue weighted by atomic mass is 9.99. The molecule has 4 nitrogen and oxygen atoms in total. The summed E-state index contributed by atoms with van der Waals surface area (Å²) in [6.45, 7) is 4.57. The first-order valence-electron chi connectivity index (χ1n) is 6.10. The van der Waals surface area contributed by atoms with Crippen molar-refractivity contribution in [3.63, 3.8) is 0 Å². The molecule has 2 N–H and O–H groups in total. The second-order valence-electron chi connectivity index (χ2n) is 4.69. The molecule has 0 saturated heterocycles. The molecule has 0 aliphatic carbocycles. The zero-order valence-electron chi connectivity index (χ0n) is 11.1. The number of benzene rings is 1. The van der Waals surface area contributed by atoms with Gasteiger partial charge in [0.05, 0.1) is 5.69 Å². The number of nitrogens with two attached hydrogens (primary N) is 1. The van der Waals surface area contributed by atoms with E-state index in [1.807, 2.05) is 37.4 Å². The summed E-state index contributed by atoms with van der Waals surface area (Å²) in [5.74, 6) is 0.229. The minimum absolute atomic E-state index is 0.0239. The van der Waals surface area contributed by atoms with Crippen LogP contribution in [-0.4, -0.2) is 15.7 Å². The van der Waals surface area contributed by atoms with Gasteiger partial charge >= 0.3 is 5.69 Å². The van der Waals surface area contributed by atoms with Crippen molar-refractivity contribution in [1.82, 2.24) is 9.13 Å². The lowest BCUT2D eigenvalue weighted by Crippen LogP contribution is -2.23. The number of aromatic nitrogens is 2. The number of nitrogens with zero attached hydrogens (tertiary/aromatic N) is 2. The quantitative estimate of drug-likeness (QED) is 0.892. The Hall–Kier alpha value is -1.81. The number of hydrogen-bond acceptors (Lipinski definition) is 2. The van der Waals surface area contributed by atoms with Crippen molar-refractivity contribution < 1.29 is 0 Å². The van der Waals surface area contributed by atoms with Gasteiger partial charge in [0.2, 0.25) is 0 Å². The van der Waals surface area contributed by atoms with Gasteiger partial charge in [-0.15, -0.1) is 0 Å². The van der Waals surface area contributed by atoms with Crippen LogP contribution in [0.3, 0.4) is 0 Å². The van der Waals surface area contributed by atoms with Crippen LogP contribution in [0.15, 0.2) is 35.3 Å². The Morgan fingerprint density at radius 3 is 2.56 bits per heavy atom. The Labute approximate surface area is 107 Å². The lowest BCUT2D eigenvalue weighted by molar-refractivity contribution is 0.752. The number of hydrogen-bond donors (Lipinski definition) is 1. The van der Waals surface area contributed by atoms with Crippen molar-refractivity contribution in [2.75, 3.05) is 6.54 Å². The fourth-order valence-electron chi connectivity index (χ4n) is 2.23. The molecule has 1 unspecified atom stereocenters. The maximum Gasteiger partial charge on any atom is 0.332 e. The largest absolute Gasteiger partial charge is 0.332 e. The Bertz CT molecular complexity index is 610. The van der Waals surface area contributed by atoms with E-state index in [-0.39, 0.29) is 11.6 Å². The average molecular weight is 245 g/mol. The molecule has 0 aliphatic rings. The molecule has 0 radical (unpaired) electrons. The van der Waals surface area contributed by atoms with Crippen molar-refractivity contribution in [1.29, 1.82) is 0 Å². The third-order valence-corrected chi connectivity index (χ3v) is 3.29. The van der Waals surface area contributed by atoms with E-state index in [1.165, 1.54) is 0 Å². The number of imidazole rings is 1. The number of rotatable bonds is 3. The van der Waals surface area contributed by atoms with E-state index in [0.29, 0.717) is 6.54 Å². The van der Waals surface area contributed by atoms with E-state index < -0.39 is 0 Å². The molecular weight excluding hydrogens is 226 g/mol. The molecule has 0 amide bonds. The topological polar surface area (TPSA) is 53.0 Å². The molecular formula is C14H19N3O. The minimum atomic E-state index is -0.0239. The van der Waals surface area contributed by atoms with Gasteiger partial charge < -0.3 is 10.3 Å². The maximum atomic E-state index is 12.1. The van der Waals surface area contributed by atoms with Crippen molar-refractivity contribution in [3.8, 4) is 5.69 Å². The fraction of sp³-hybridized carbons (Fsp3) is 0.357. The maximum absolute atomic E-state index is 12.1. The van der Waals surface area contributed by atoms with E-state index in [9.17, 15) is 4.79 Å². The van der Waals surface area contributed by atoms with Gasteiger partial charge in [0.25, 0.3) is 0 Å². The van der Waals surface area contributed by atoms with E-state index in [4.69, 9.17) is 5.73 Å². The Balaban J connectivity index is 2.68. The molecule has 18 heavy (non-hydrogen) atoms. The number of aryl methyl sites for hydroxylation is 2. The lowest BCUT2D eigenvalue weighted by Gasteiger charge is -2.15. The second-order valence-corrected chi connectivity index (χ2v) is 4.69. The molecule has 1 aromatic carbocycles. The van der Waals surface area contributed by atoms with E-state index in [2.05, 4.69) is 6.92 Å². The molecule has 96 valence electrons. The summed E-state index contributed by atoms with van der Waals surface area (Å²) in [5.41, 5.74) is 8.68. The van der Waals surface area contributed by atoms with Crippen LogP contribution >= 0.6 is 0 Å². The smallest absolute Gasteiger partial charge is 0.330 e. The standard InChI is InChI=1S/C14H19N3O/c1-10(8-15)12-6-4-5-7-13(12)17-11(2)9-16(3)14(17)18/h4-7,9-10H,8,15H2,1-3H3. The Morgan fingerprint density at radius 2 is 2.00 bits per heavy atom. The van der Waals surface area contributed by atoms with Crippen LogP contribution in [0.5, 0.6) is 0 Å². The Morgan fingerprint density at radius 1 is 1.33 bits per heavy atom. The van der Waals surface area contributed by atoms with Gasteiger partial charge in [0.1, 0.15) is 0 Å². The highest BCUT2D eigenvalue weighted by Gasteiger charge is 2.14. The minimum Gasteiger partial charge on any atom is -0.330 e. The predicted octanol–water partition coefficient (Wildman–Crippen LogP) is 1.55. The van der Waals surface area contributed by atoms with Gasteiger partial charge in [-0.25, -0.2) is 4.79 Å². The van der Waals surface area contributed by atoms with Crippen molar-refractivity contribution >= 4 is 0 Å². The van der Waals surface area contributed by atoms with Crippen LogP contribution in [0.2, 0.25) is 0 Å². The predicted molar refractivity (Wildman–Crippen MR) is 73.2 cm³/mol. The van der Waals surface area contributed by atoms with Crippen LogP contribution in [0.1, 0.15) is 24.1 Å².